The molecule has 1 saturated heterocycles. The number of benzene rings is 1. The SMILES string of the molecule is CNCCC(=O)NCc1ccc(CN2CCOCC2)cc1. The van der Waals surface area contributed by atoms with Crippen molar-refractivity contribution in [2.75, 3.05) is 39.9 Å². The molecule has 0 saturated carbocycles. The lowest BCUT2D eigenvalue weighted by atomic mass is 10.1. The molecule has 0 aromatic heterocycles. The van der Waals surface area contributed by atoms with E-state index in [1.807, 2.05) is 7.05 Å². The zero-order chi connectivity index (χ0) is 14.9. The molecular weight excluding hydrogens is 266 g/mol. The number of rotatable bonds is 7. The van der Waals surface area contributed by atoms with Gasteiger partial charge >= 0.3 is 0 Å². The lowest BCUT2D eigenvalue weighted by Gasteiger charge is -2.26. The van der Waals surface area contributed by atoms with Gasteiger partial charge in [0.05, 0.1) is 13.2 Å². The van der Waals surface area contributed by atoms with Gasteiger partial charge in [-0.2, -0.15) is 0 Å². The average Bonchev–Trinajstić information content (AvgIpc) is 2.53. The summed E-state index contributed by atoms with van der Waals surface area (Å²) in [5.41, 5.74) is 2.45. The second-order valence-corrected chi connectivity index (χ2v) is 5.34. The maximum atomic E-state index is 11.5. The zero-order valence-corrected chi connectivity index (χ0v) is 12.7. The Balaban J connectivity index is 1.74. The van der Waals surface area contributed by atoms with Crippen LogP contribution in [0.2, 0.25) is 0 Å². The molecule has 5 heteroatoms. The highest BCUT2D eigenvalue weighted by atomic mass is 16.5. The van der Waals surface area contributed by atoms with E-state index in [0.29, 0.717) is 19.5 Å². The highest BCUT2D eigenvalue weighted by Gasteiger charge is 2.10. The smallest absolute Gasteiger partial charge is 0.221 e. The van der Waals surface area contributed by atoms with E-state index in [2.05, 4.69) is 39.8 Å². The van der Waals surface area contributed by atoms with E-state index >= 15 is 0 Å². The largest absolute Gasteiger partial charge is 0.379 e. The highest BCUT2D eigenvalue weighted by molar-refractivity contribution is 5.76. The maximum absolute atomic E-state index is 11.5. The number of hydrogen-bond acceptors (Lipinski definition) is 4. The van der Waals surface area contributed by atoms with Crippen LogP contribution in [0.4, 0.5) is 0 Å². The van der Waals surface area contributed by atoms with Crippen LogP contribution in [0, 0.1) is 0 Å². The molecule has 0 unspecified atom stereocenters. The van der Waals surface area contributed by atoms with Crippen molar-refractivity contribution in [2.45, 2.75) is 19.5 Å². The van der Waals surface area contributed by atoms with Gasteiger partial charge in [0.2, 0.25) is 5.91 Å². The summed E-state index contributed by atoms with van der Waals surface area (Å²) in [6, 6.07) is 8.47. The number of nitrogens with one attached hydrogen (secondary N) is 2. The molecule has 1 heterocycles. The summed E-state index contributed by atoms with van der Waals surface area (Å²) in [4.78, 5) is 13.9. The molecule has 1 aromatic carbocycles. The quantitative estimate of drug-likeness (QED) is 0.778. The molecule has 0 spiro atoms. The number of amides is 1. The van der Waals surface area contributed by atoms with E-state index in [-0.39, 0.29) is 5.91 Å². The second kappa shape index (κ2) is 8.77. The van der Waals surface area contributed by atoms with E-state index in [0.717, 1.165) is 38.4 Å². The predicted octanol–water partition coefficient (Wildman–Crippen LogP) is 0.745. The van der Waals surface area contributed by atoms with E-state index in [4.69, 9.17) is 4.74 Å². The average molecular weight is 291 g/mol. The van der Waals surface area contributed by atoms with Gasteiger partial charge in [-0.15, -0.1) is 0 Å². The number of carbonyl (C=O) groups is 1. The molecule has 0 atom stereocenters. The van der Waals surface area contributed by atoms with Crippen LogP contribution in [0.15, 0.2) is 24.3 Å². The maximum Gasteiger partial charge on any atom is 0.221 e. The van der Waals surface area contributed by atoms with Gasteiger partial charge in [-0.25, -0.2) is 0 Å². The number of hydrogen-bond donors (Lipinski definition) is 2. The standard InChI is InChI=1S/C16H25N3O2/c1-17-7-6-16(20)18-12-14-2-4-15(5-3-14)13-19-8-10-21-11-9-19/h2-5,17H,6-13H2,1H3,(H,18,20). The molecule has 1 aliphatic rings. The van der Waals surface area contributed by atoms with Crippen molar-refractivity contribution in [3.63, 3.8) is 0 Å². The predicted molar refractivity (Wildman–Crippen MR) is 82.9 cm³/mol. The fourth-order valence-electron chi connectivity index (χ4n) is 2.31. The van der Waals surface area contributed by atoms with Crippen molar-refractivity contribution in [1.29, 1.82) is 0 Å². The molecule has 2 rings (SSSR count). The summed E-state index contributed by atoms with van der Waals surface area (Å²) in [5.74, 6) is 0.0849. The van der Waals surface area contributed by atoms with Crippen molar-refractivity contribution in [1.82, 2.24) is 15.5 Å². The molecule has 1 amide bonds. The van der Waals surface area contributed by atoms with Crippen molar-refractivity contribution in [3.8, 4) is 0 Å². The van der Waals surface area contributed by atoms with Gasteiger partial charge in [0.1, 0.15) is 0 Å². The summed E-state index contributed by atoms with van der Waals surface area (Å²) >= 11 is 0. The first-order chi connectivity index (χ1) is 10.3. The monoisotopic (exact) mass is 291 g/mol. The van der Waals surface area contributed by atoms with Crippen molar-refractivity contribution >= 4 is 5.91 Å². The first-order valence-electron chi connectivity index (χ1n) is 7.57. The minimum absolute atomic E-state index is 0.0849. The van der Waals surface area contributed by atoms with Gasteiger partial charge in [0.15, 0.2) is 0 Å². The summed E-state index contributed by atoms with van der Waals surface area (Å²) in [6.07, 6.45) is 0.519. The summed E-state index contributed by atoms with van der Waals surface area (Å²) in [5, 5.41) is 5.90. The Bertz CT molecular complexity index is 428. The van der Waals surface area contributed by atoms with E-state index < -0.39 is 0 Å². The normalized spacial score (nSPS) is 15.9. The van der Waals surface area contributed by atoms with E-state index in [1.54, 1.807) is 0 Å². The Kier molecular flexibility index (Phi) is 6.66. The molecule has 116 valence electrons. The third kappa shape index (κ3) is 5.83. The van der Waals surface area contributed by atoms with Crippen molar-refractivity contribution in [3.05, 3.63) is 35.4 Å². The van der Waals surface area contributed by atoms with Gasteiger partial charge in [-0.1, -0.05) is 24.3 Å². The molecule has 21 heavy (non-hydrogen) atoms. The summed E-state index contributed by atoms with van der Waals surface area (Å²) in [6.45, 7) is 5.95. The Hall–Kier alpha value is -1.43. The second-order valence-electron chi connectivity index (χ2n) is 5.34. The van der Waals surface area contributed by atoms with Crippen molar-refractivity contribution < 1.29 is 9.53 Å². The highest BCUT2D eigenvalue weighted by Crippen LogP contribution is 2.09. The van der Waals surface area contributed by atoms with Crippen LogP contribution in [0.5, 0.6) is 0 Å². The number of carbonyl (C=O) groups excluding carboxylic acids is 1. The third-order valence-electron chi connectivity index (χ3n) is 3.62. The van der Waals surface area contributed by atoms with Crippen molar-refractivity contribution in [2.24, 2.45) is 0 Å². The molecule has 0 aliphatic carbocycles. The van der Waals surface area contributed by atoms with Crippen LogP contribution < -0.4 is 10.6 Å². The van der Waals surface area contributed by atoms with Gasteiger partial charge in [0, 0.05) is 39.1 Å². The van der Waals surface area contributed by atoms with Gasteiger partial charge < -0.3 is 15.4 Å². The molecule has 2 N–H and O–H groups in total. The lowest BCUT2D eigenvalue weighted by Crippen LogP contribution is -2.35. The van der Waals surface area contributed by atoms with Gasteiger partial charge in [0.25, 0.3) is 0 Å². The molecule has 1 aromatic rings. The summed E-state index contributed by atoms with van der Waals surface area (Å²) < 4.78 is 5.35. The Morgan fingerprint density at radius 3 is 2.52 bits per heavy atom. The molecule has 0 radical (unpaired) electrons. The Morgan fingerprint density at radius 1 is 1.19 bits per heavy atom. The minimum atomic E-state index is 0.0849. The lowest BCUT2D eigenvalue weighted by molar-refractivity contribution is -0.121. The molecule has 1 aliphatic heterocycles. The van der Waals surface area contributed by atoms with E-state index in [1.165, 1.54) is 5.56 Å². The molecule has 5 nitrogen and oxygen atoms in total. The number of ether oxygens (including phenoxy) is 1. The van der Waals surface area contributed by atoms with Crippen LogP contribution >= 0.6 is 0 Å². The van der Waals surface area contributed by atoms with Gasteiger partial charge in [-0.3, -0.25) is 9.69 Å². The van der Waals surface area contributed by atoms with E-state index in [9.17, 15) is 4.79 Å². The Morgan fingerprint density at radius 2 is 1.86 bits per heavy atom. The van der Waals surface area contributed by atoms with Crippen LogP contribution in [-0.2, 0) is 22.6 Å². The number of nitrogens with zero attached hydrogens (tertiary/aromatic N) is 1. The summed E-state index contributed by atoms with van der Waals surface area (Å²) in [7, 11) is 1.85. The fraction of sp³-hybridized carbons (Fsp3) is 0.562. The van der Waals surface area contributed by atoms with Gasteiger partial charge in [-0.05, 0) is 18.2 Å². The topological polar surface area (TPSA) is 53.6 Å². The van der Waals surface area contributed by atoms with Crippen LogP contribution in [-0.4, -0.2) is 50.7 Å². The Labute approximate surface area is 126 Å². The molecule has 0 bridgehead atoms. The number of morpholine rings is 1. The molecule has 1 fully saturated rings. The zero-order valence-electron chi connectivity index (χ0n) is 12.7. The van der Waals surface area contributed by atoms with Crippen LogP contribution in [0.25, 0.3) is 0 Å². The first kappa shape index (κ1) is 15.9. The third-order valence-corrected chi connectivity index (χ3v) is 3.62. The van der Waals surface area contributed by atoms with Crippen LogP contribution in [0.1, 0.15) is 17.5 Å². The molecular formula is C16H25N3O2. The first-order valence-corrected chi connectivity index (χ1v) is 7.57. The fourth-order valence-corrected chi connectivity index (χ4v) is 2.31. The van der Waals surface area contributed by atoms with Crippen LogP contribution in [0.3, 0.4) is 0 Å². The minimum Gasteiger partial charge on any atom is -0.379 e.